The number of benzene rings is 2. The van der Waals surface area contributed by atoms with Crippen molar-refractivity contribution in [2.45, 2.75) is 25.9 Å². The van der Waals surface area contributed by atoms with Crippen LogP contribution in [0.2, 0.25) is 0 Å². The Kier molecular flexibility index (Phi) is 4.93. The maximum atomic E-state index is 13.7. The first-order valence-electron chi connectivity index (χ1n) is 6.34. The zero-order chi connectivity index (χ0) is 13.8. The normalized spacial score (nSPS) is 14.1. The Labute approximate surface area is 127 Å². The summed E-state index contributed by atoms with van der Waals surface area (Å²) in [4.78, 5) is 0. The van der Waals surface area contributed by atoms with E-state index in [2.05, 4.69) is 59.1 Å². The molecule has 0 bridgehead atoms. The molecular weight excluding hydrogens is 352 g/mol. The molecule has 0 fully saturated rings. The molecule has 0 aliphatic carbocycles. The highest BCUT2D eigenvalue weighted by Crippen LogP contribution is 2.21. The van der Waals surface area contributed by atoms with Gasteiger partial charge in [0.15, 0.2) is 0 Å². The van der Waals surface area contributed by atoms with Gasteiger partial charge in [-0.05, 0) is 60.2 Å². The van der Waals surface area contributed by atoms with Crippen LogP contribution in [-0.2, 0) is 0 Å². The Hall–Kier alpha value is -0.940. The fraction of sp³-hybridized carbons (Fsp3) is 0.250. The minimum atomic E-state index is -0.155. The van der Waals surface area contributed by atoms with Crippen molar-refractivity contribution in [3.8, 4) is 0 Å². The van der Waals surface area contributed by atoms with Gasteiger partial charge in [0.05, 0.1) is 0 Å². The Morgan fingerprint density at radius 2 is 1.58 bits per heavy atom. The highest BCUT2D eigenvalue weighted by atomic mass is 127. The van der Waals surface area contributed by atoms with E-state index in [0.717, 1.165) is 0 Å². The average Bonchev–Trinajstić information content (AvgIpc) is 2.39. The molecule has 1 nitrogen and oxygen atoms in total. The fourth-order valence-corrected chi connectivity index (χ4v) is 2.50. The van der Waals surface area contributed by atoms with Crippen LogP contribution in [0.1, 0.15) is 37.1 Å². The molecule has 1 unspecified atom stereocenters. The van der Waals surface area contributed by atoms with E-state index in [-0.39, 0.29) is 17.9 Å². The molecule has 19 heavy (non-hydrogen) atoms. The summed E-state index contributed by atoms with van der Waals surface area (Å²) >= 11 is 2.29. The van der Waals surface area contributed by atoms with Crippen LogP contribution in [0.25, 0.3) is 0 Å². The third-order valence-corrected chi connectivity index (χ3v) is 3.96. The Bertz CT molecular complexity index is 539. The lowest BCUT2D eigenvalue weighted by atomic mass is 10.0. The van der Waals surface area contributed by atoms with Crippen LogP contribution in [0.3, 0.4) is 0 Å². The van der Waals surface area contributed by atoms with Gasteiger partial charge >= 0.3 is 0 Å². The summed E-state index contributed by atoms with van der Waals surface area (Å²) in [7, 11) is 0. The zero-order valence-corrected chi connectivity index (χ0v) is 13.2. The molecular formula is C16H17FIN. The quantitative estimate of drug-likeness (QED) is 0.761. The van der Waals surface area contributed by atoms with Crippen molar-refractivity contribution in [1.82, 2.24) is 5.32 Å². The highest BCUT2D eigenvalue weighted by molar-refractivity contribution is 14.1. The molecule has 0 amide bonds. The second kappa shape index (κ2) is 6.48. The number of halogens is 2. The van der Waals surface area contributed by atoms with Crippen LogP contribution < -0.4 is 5.32 Å². The first-order valence-corrected chi connectivity index (χ1v) is 7.41. The summed E-state index contributed by atoms with van der Waals surface area (Å²) in [5.74, 6) is -0.155. The molecule has 3 heteroatoms. The summed E-state index contributed by atoms with van der Waals surface area (Å²) < 4.78 is 14.9. The van der Waals surface area contributed by atoms with E-state index in [1.807, 2.05) is 19.1 Å². The lowest BCUT2D eigenvalue weighted by Crippen LogP contribution is -2.23. The van der Waals surface area contributed by atoms with Crippen LogP contribution in [0, 0.1) is 9.39 Å². The fourth-order valence-electron chi connectivity index (χ4n) is 2.14. The third-order valence-electron chi connectivity index (χ3n) is 3.24. The number of nitrogens with one attached hydrogen (secondary N) is 1. The first-order chi connectivity index (χ1) is 9.08. The van der Waals surface area contributed by atoms with Crippen molar-refractivity contribution >= 4 is 22.6 Å². The van der Waals surface area contributed by atoms with Gasteiger partial charge in [0.2, 0.25) is 0 Å². The van der Waals surface area contributed by atoms with Gasteiger partial charge in [-0.15, -0.1) is 0 Å². The lowest BCUT2D eigenvalue weighted by Gasteiger charge is -2.21. The second-order valence-corrected chi connectivity index (χ2v) is 5.93. The van der Waals surface area contributed by atoms with Crippen LogP contribution in [0.4, 0.5) is 4.39 Å². The van der Waals surface area contributed by atoms with Gasteiger partial charge in [0, 0.05) is 21.2 Å². The zero-order valence-electron chi connectivity index (χ0n) is 11.0. The van der Waals surface area contributed by atoms with E-state index in [4.69, 9.17) is 0 Å². The van der Waals surface area contributed by atoms with Crippen LogP contribution >= 0.6 is 22.6 Å². The molecule has 2 aromatic carbocycles. The maximum absolute atomic E-state index is 13.7. The van der Waals surface area contributed by atoms with E-state index >= 15 is 0 Å². The average molecular weight is 369 g/mol. The Morgan fingerprint density at radius 1 is 0.947 bits per heavy atom. The molecule has 1 N–H and O–H groups in total. The Morgan fingerprint density at radius 3 is 2.21 bits per heavy atom. The molecule has 2 aromatic rings. The minimum absolute atomic E-state index is 0.0181. The maximum Gasteiger partial charge on any atom is 0.127 e. The summed E-state index contributed by atoms with van der Waals surface area (Å²) in [6.07, 6.45) is 0. The summed E-state index contributed by atoms with van der Waals surface area (Å²) in [6.45, 7) is 4.08. The van der Waals surface area contributed by atoms with E-state index in [9.17, 15) is 4.39 Å². The van der Waals surface area contributed by atoms with E-state index in [1.54, 1.807) is 6.07 Å². The second-order valence-electron chi connectivity index (χ2n) is 4.68. The smallest absolute Gasteiger partial charge is 0.127 e. The minimum Gasteiger partial charge on any atom is -0.304 e. The molecule has 0 saturated heterocycles. The molecule has 0 saturated carbocycles. The van der Waals surface area contributed by atoms with Crippen molar-refractivity contribution in [1.29, 1.82) is 0 Å². The van der Waals surface area contributed by atoms with Gasteiger partial charge in [-0.1, -0.05) is 30.3 Å². The van der Waals surface area contributed by atoms with Gasteiger partial charge in [-0.2, -0.15) is 0 Å². The highest BCUT2D eigenvalue weighted by Gasteiger charge is 2.13. The number of hydrogen-bond donors (Lipinski definition) is 1. The third kappa shape index (κ3) is 3.76. The molecule has 0 spiro atoms. The summed E-state index contributed by atoms with van der Waals surface area (Å²) in [6, 6.07) is 15.5. The van der Waals surface area contributed by atoms with Crippen molar-refractivity contribution in [3.05, 3.63) is 69.0 Å². The SMILES string of the molecule is CC(N[C@H](C)c1ccccc1F)c1ccc(I)cc1. The first kappa shape index (κ1) is 14.5. The van der Waals surface area contributed by atoms with Gasteiger partial charge in [-0.3, -0.25) is 0 Å². The van der Waals surface area contributed by atoms with Crippen LogP contribution in [-0.4, -0.2) is 0 Å². The molecule has 0 heterocycles. The monoisotopic (exact) mass is 369 g/mol. The number of hydrogen-bond acceptors (Lipinski definition) is 1. The van der Waals surface area contributed by atoms with Crippen molar-refractivity contribution in [2.75, 3.05) is 0 Å². The topological polar surface area (TPSA) is 12.0 Å². The molecule has 0 aliphatic rings. The van der Waals surface area contributed by atoms with E-state index in [0.29, 0.717) is 5.56 Å². The van der Waals surface area contributed by atoms with Gasteiger partial charge in [0.25, 0.3) is 0 Å². The molecule has 2 rings (SSSR count). The van der Waals surface area contributed by atoms with Crippen molar-refractivity contribution in [3.63, 3.8) is 0 Å². The molecule has 2 atom stereocenters. The molecule has 0 radical (unpaired) electrons. The van der Waals surface area contributed by atoms with E-state index in [1.165, 1.54) is 15.2 Å². The van der Waals surface area contributed by atoms with Gasteiger partial charge < -0.3 is 5.32 Å². The van der Waals surface area contributed by atoms with Gasteiger partial charge in [0.1, 0.15) is 5.82 Å². The van der Waals surface area contributed by atoms with Crippen molar-refractivity contribution < 1.29 is 4.39 Å². The summed E-state index contributed by atoms with van der Waals surface area (Å²) in [5, 5.41) is 3.43. The van der Waals surface area contributed by atoms with E-state index < -0.39 is 0 Å². The van der Waals surface area contributed by atoms with Crippen molar-refractivity contribution in [2.24, 2.45) is 0 Å². The lowest BCUT2D eigenvalue weighted by molar-refractivity contribution is 0.474. The number of rotatable bonds is 4. The van der Waals surface area contributed by atoms with Crippen LogP contribution in [0.15, 0.2) is 48.5 Å². The molecule has 0 aliphatic heterocycles. The predicted molar refractivity (Wildman–Crippen MR) is 85.5 cm³/mol. The van der Waals surface area contributed by atoms with Gasteiger partial charge in [-0.25, -0.2) is 4.39 Å². The predicted octanol–water partition coefficient (Wildman–Crippen LogP) is 4.84. The Balaban J connectivity index is 2.08. The molecule has 100 valence electrons. The molecule has 0 aromatic heterocycles. The standard InChI is InChI=1S/C16H17FIN/c1-11(13-7-9-14(18)10-8-13)19-12(2)15-5-3-4-6-16(15)17/h3-12,19H,1-2H3/t11?,12-/m1/s1. The van der Waals surface area contributed by atoms with Crippen LogP contribution in [0.5, 0.6) is 0 Å². The largest absolute Gasteiger partial charge is 0.304 e. The summed E-state index contributed by atoms with van der Waals surface area (Å²) in [5.41, 5.74) is 1.92.